The third-order valence-electron chi connectivity index (χ3n) is 2.24. The minimum absolute atomic E-state index is 0.0928. The summed E-state index contributed by atoms with van der Waals surface area (Å²) in [5.74, 6) is 1.24. The molecule has 0 unspecified atom stereocenters. The van der Waals surface area contributed by atoms with Gasteiger partial charge in [0.05, 0.1) is 18.9 Å². The number of hydrogen-bond acceptors (Lipinski definition) is 5. The molecule has 1 aromatic heterocycles. The van der Waals surface area contributed by atoms with Crippen LogP contribution in [0.3, 0.4) is 0 Å². The molecule has 17 heavy (non-hydrogen) atoms. The zero-order valence-corrected chi connectivity index (χ0v) is 11.8. The Bertz CT molecular complexity index is 392. The van der Waals surface area contributed by atoms with E-state index in [9.17, 15) is 4.57 Å². The first-order valence-electron chi connectivity index (χ1n) is 5.88. The predicted molar refractivity (Wildman–Crippen MR) is 65.2 cm³/mol. The lowest BCUT2D eigenvalue weighted by atomic mass is 10.3. The molecule has 1 aromatic rings. The summed E-state index contributed by atoms with van der Waals surface area (Å²) in [7, 11) is -3.11. The second-order valence-corrected chi connectivity index (χ2v) is 5.63. The largest absolute Gasteiger partial charge is 0.445 e. The van der Waals surface area contributed by atoms with Gasteiger partial charge in [0.1, 0.15) is 11.9 Å². The second-order valence-electron chi connectivity index (χ2n) is 3.57. The molecule has 0 saturated carbocycles. The van der Waals surface area contributed by atoms with Crippen molar-refractivity contribution in [2.45, 2.75) is 40.3 Å². The average Bonchev–Trinajstić information content (AvgIpc) is 2.58. The maximum absolute atomic E-state index is 12.2. The van der Waals surface area contributed by atoms with Crippen LogP contribution in [0.15, 0.2) is 4.42 Å². The number of oxazole rings is 1. The Labute approximate surface area is 102 Å². The SMILES string of the molecule is CCOP(=O)(Cc1nc(C)c(CC)o1)OCC. The Kier molecular flexibility index (Phi) is 5.37. The van der Waals surface area contributed by atoms with Crippen LogP contribution in [0.2, 0.25) is 0 Å². The van der Waals surface area contributed by atoms with Gasteiger partial charge in [0.15, 0.2) is 0 Å². The van der Waals surface area contributed by atoms with E-state index >= 15 is 0 Å². The first kappa shape index (κ1) is 14.4. The highest BCUT2D eigenvalue weighted by atomic mass is 31.2. The van der Waals surface area contributed by atoms with Crippen LogP contribution in [-0.4, -0.2) is 18.2 Å². The zero-order valence-electron chi connectivity index (χ0n) is 10.9. The Morgan fingerprint density at radius 1 is 1.24 bits per heavy atom. The lowest BCUT2D eigenvalue weighted by Gasteiger charge is -2.14. The summed E-state index contributed by atoms with van der Waals surface area (Å²) in [5, 5.41) is 0. The van der Waals surface area contributed by atoms with Crippen molar-refractivity contribution in [3.05, 3.63) is 17.3 Å². The lowest BCUT2D eigenvalue weighted by molar-refractivity contribution is 0.216. The van der Waals surface area contributed by atoms with Crippen LogP contribution in [-0.2, 0) is 26.2 Å². The van der Waals surface area contributed by atoms with Crippen LogP contribution in [0.5, 0.6) is 0 Å². The fourth-order valence-corrected chi connectivity index (χ4v) is 3.08. The fourth-order valence-electron chi connectivity index (χ4n) is 1.57. The fraction of sp³-hybridized carbons (Fsp3) is 0.727. The van der Waals surface area contributed by atoms with Crippen LogP contribution < -0.4 is 0 Å². The van der Waals surface area contributed by atoms with E-state index in [1.54, 1.807) is 13.8 Å². The third kappa shape index (κ3) is 3.95. The number of nitrogens with zero attached hydrogens (tertiary/aromatic N) is 1. The van der Waals surface area contributed by atoms with E-state index in [2.05, 4.69) is 4.98 Å². The van der Waals surface area contributed by atoms with Crippen molar-refractivity contribution in [1.29, 1.82) is 0 Å². The Morgan fingerprint density at radius 2 is 1.82 bits per heavy atom. The molecule has 0 saturated heterocycles. The van der Waals surface area contributed by atoms with Crippen LogP contribution >= 0.6 is 7.60 Å². The molecule has 0 radical (unpaired) electrons. The maximum Gasteiger partial charge on any atom is 0.339 e. The summed E-state index contributed by atoms with van der Waals surface area (Å²) < 4.78 is 28.1. The van der Waals surface area contributed by atoms with Gasteiger partial charge in [-0.25, -0.2) is 4.98 Å². The van der Waals surface area contributed by atoms with Crippen molar-refractivity contribution >= 4 is 7.60 Å². The predicted octanol–water partition coefficient (Wildman–Crippen LogP) is 3.31. The van der Waals surface area contributed by atoms with Gasteiger partial charge in [-0.05, 0) is 20.8 Å². The van der Waals surface area contributed by atoms with Crippen molar-refractivity contribution in [2.75, 3.05) is 13.2 Å². The van der Waals surface area contributed by atoms with Crippen molar-refractivity contribution in [2.24, 2.45) is 0 Å². The van der Waals surface area contributed by atoms with Gasteiger partial charge in [0.25, 0.3) is 0 Å². The van der Waals surface area contributed by atoms with E-state index in [1.165, 1.54) is 0 Å². The molecule has 0 fully saturated rings. The molecule has 1 rings (SSSR count). The molecule has 0 N–H and O–H groups in total. The summed E-state index contributed by atoms with van der Waals surface area (Å²) in [5.41, 5.74) is 0.835. The molecule has 0 aliphatic rings. The molecule has 6 heteroatoms. The summed E-state index contributed by atoms with van der Waals surface area (Å²) in [4.78, 5) is 4.23. The summed E-state index contributed by atoms with van der Waals surface area (Å²) >= 11 is 0. The number of hydrogen-bond donors (Lipinski definition) is 0. The molecule has 5 nitrogen and oxygen atoms in total. The van der Waals surface area contributed by atoms with E-state index in [-0.39, 0.29) is 6.16 Å². The van der Waals surface area contributed by atoms with Crippen LogP contribution in [0.25, 0.3) is 0 Å². The Hall–Kier alpha value is -0.640. The molecule has 0 aromatic carbocycles. The van der Waals surface area contributed by atoms with Gasteiger partial charge in [-0.3, -0.25) is 4.57 Å². The zero-order chi connectivity index (χ0) is 12.9. The van der Waals surface area contributed by atoms with Crippen molar-refractivity contribution in [3.63, 3.8) is 0 Å². The molecule has 0 atom stereocenters. The topological polar surface area (TPSA) is 61.6 Å². The maximum atomic E-state index is 12.2. The number of rotatable bonds is 7. The van der Waals surface area contributed by atoms with Gasteiger partial charge in [-0.1, -0.05) is 6.92 Å². The third-order valence-corrected chi connectivity index (χ3v) is 4.20. The van der Waals surface area contributed by atoms with Crippen molar-refractivity contribution in [1.82, 2.24) is 4.98 Å². The van der Waals surface area contributed by atoms with Gasteiger partial charge >= 0.3 is 7.60 Å². The number of aryl methyl sites for hydroxylation is 2. The lowest BCUT2D eigenvalue weighted by Crippen LogP contribution is -1.99. The highest BCUT2D eigenvalue weighted by molar-refractivity contribution is 7.52. The van der Waals surface area contributed by atoms with Gasteiger partial charge in [0, 0.05) is 6.42 Å². The van der Waals surface area contributed by atoms with E-state index in [1.807, 2.05) is 13.8 Å². The smallest absolute Gasteiger partial charge is 0.339 e. The average molecular weight is 261 g/mol. The molecule has 0 aliphatic heterocycles. The van der Waals surface area contributed by atoms with Crippen molar-refractivity contribution in [3.8, 4) is 0 Å². The minimum Gasteiger partial charge on any atom is -0.445 e. The molecule has 0 bridgehead atoms. The molecule has 0 amide bonds. The van der Waals surface area contributed by atoms with Crippen LogP contribution in [0.1, 0.15) is 38.1 Å². The van der Waals surface area contributed by atoms with Gasteiger partial charge in [-0.2, -0.15) is 0 Å². The first-order valence-corrected chi connectivity index (χ1v) is 7.60. The molecule has 1 heterocycles. The molecular weight excluding hydrogens is 241 g/mol. The van der Waals surface area contributed by atoms with E-state index in [0.29, 0.717) is 19.1 Å². The van der Waals surface area contributed by atoms with Gasteiger partial charge in [0.2, 0.25) is 5.89 Å². The van der Waals surface area contributed by atoms with Gasteiger partial charge < -0.3 is 13.5 Å². The highest BCUT2D eigenvalue weighted by Crippen LogP contribution is 2.51. The quantitative estimate of drug-likeness (QED) is 0.704. The van der Waals surface area contributed by atoms with E-state index in [4.69, 9.17) is 13.5 Å². The second kappa shape index (κ2) is 6.34. The normalized spacial score (nSPS) is 12.0. The van der Waals surface area contributed by atoms with Crippen LogP contribution in [0, 0.1) is 6.92 Å². The van der Waals surface area contributed by atoms with Crippen LogP contribution in [0.4, 0.5) is 0 Å². The molecule has 0 aliphatic carbocycles. The highest BCUT2D eigenvalue weighted by Gasteiger charge is 2.27. The monoisotopic (exact) mass is 261 g/mol. The number of aromatic nitrogens is 1. The van der Waals surface area contributed by atoms with E-state index in [0.717, 1.165) is 17.9 Å². The molecular formula is C11H20NO4P. The van der Waals surface area contributed by atoms with E-state index < -0.39 is 7.60 Å². The summed E-state index contributed by atoms with van der Waals surface area (Å²) in [6.07, 6.45) is 0.863. The minimum atomic E-state index is -3.11. The molecule has 0 spiro atoms. The standard InChI is InChI=1S/C11H20NO4P/c1-5-10-9(4)12-11(16-10)8-17(13,14-6-2)15-7-3/h5-8H2,1-4H3. The van der Waals surface area contributed by atoms with Gasteiger partial charge in [-0.15, -0.1) is 0 Å². The summed E-state index contributed by atoms with van der Waals surface area (Å²) in [6.45, 7) is 8.11. The summed E-state index contributed by atoms with van der Waals surface area (Å²) in [6, 6.07) is 0. The van der Waals surface area contributed by atoms with Crippen molar-refractivity contribution < 1.29 is 18.0 Å². The molecule has 98 valence electrons. The Balaban J connectivity index is 2.82. The first-order chi connectivity index (χ1) is 8.04. The Morgan fingerprint density at radius 3 is 2.24 bits per heavy atom.